The van der Waals surface area contributed by atoms with Gasteiger partial charge in [-0.05, 0) is 101 Å². The van der Waals surface area contributed by atoms with Crippen LogP contribution in [0, 0.1) is 11.8 Å². The molecule has 1 aromatic carbocycles. The lowest BCUT2D eigenvalue weighted by atomic mass is 9.91. The number of carbonyl (C=O) groups is 6. The smallest absolute Gasteiger partial charge is 0.332 e. The number of amides is 5. The fourth-order valence-electron chi connectivity index (χ4n) is 9.46. The quantitative estimate of drug-likeness (QED) is 0.251. The standard InChI is InChI=1S/C43H54N10O7/c54-38-5-4-36(41(57)47-38)53-40(56)24-35(42(53)58)46-32-3-1-2-31(22-32)23-39(55)50-19-9-29(10-20-50)6-14-48-15-7-30(8-16-48)27-49-17-11-33(12-18-49)52-28-34(25-45-52)51-21-13-44-26-37(51)43(59)60/h1-3,13,21-22,24-26,28-30,33,36-37,46H,4-12,14-20,23,27H2,(H,59,60)(H,47,54,57). The van der Waals surface area contributed by atoms with Crippen LogP contribution in [-0.2, 0) is 35.2 Å². The molecule has 0 aliphatic carbocycles. The van der Waals surface area contributed by atoms with Crippen LogP contribution < -0.4 is 15.5 Å². The van der Waals surface area contributed by atoms with Gasteiger partial charge in [0.05, 0.1) is 24.3 Å². The van der Waals surface area contributed by atoms with Crippen molar-refractivity contribution in [3.05, 3.63) is 66.4 Å². The predicted octanol–water partition coefficient (Wildman–Crippen LogP) is 2.39. The first-order valence-corrected chi connectivity index (χ1v) is 21.3. The number of imide groups is 2. The second-order valence-electron chi connectivity index (χ2n) is 16.9. The monoisotopic (exact) mass is 822 g/mol. The van der Waals surface area contributed by atoms with Gasteiger partial charge in [-0.2, -0.15) is 5.10 Å². The molecule has 3 N–H and O–H groups in total. The first-order chi connectivity index (χ1) is 29.1. The van der Waals surface area contributed by atoms with E-state index in [-0.39, 0.29) is 30.9 Å². The molecule has 17 heteroatoms. The van der Waals surface area contributed by atoms with E-state index in [9.17, 15) is 33.9 Å². The largest absolute Gasteiger partial charge is 0.479 e. The minimum Gasteiger partial charge on any atom is -0.479 e. The summed E-state index contributed by atoms with van der Waals surface area (Å²) in [6.07, 6.45) is 17.6. The number of hydrogen-bond acceptors (Lipinski definition) is 12. The number of aromatic nitrogens is 2. The number of carboxylic acid groups (broad SMARTS) is 1. The number of likely N-dealkylation sites (tertiary alicyclic amines) is 3. The molecule has 0 radical (unpaired) electrons. The molecule has 60 heavy (non-hydrogen) atoms. The molecule has 0 spiro atoms. The average Bonchev–Trinajstić information content (AvgIpc) is 3.85. The number of rotatable bonds is 13. The Morgan fingerprint density at radius 3 is 2.40 bits per heavy atom. The highest BCUT2D eigenvalue weighted by Crippen LogP contribution is 2.29. The van der Waals surface area contributed by atoms with Crippen LogP contribution in [0.15, 0.2) is 65.8 Å². The number of benzene rings is 1. The van der Waals surface area contributed by atoms with Gasteiger partial charge in [0.15, 0.2) is 6.04 Å². The van der Waals surface area contributed by atoms with Crippen molar-refractivity contribution in [3.63, 3.8) is 0 Å². The molecular weight excluding hydrogens is 769 g/mol. The van der Waals surface area contributed by atoms with Crippen LogP contribution in [0.5, 0.6) is 0 Å². The maximum Gasteiger partial charge on any atom is 0.332 e. The molecule has 8 rings (SSSR count). The van der Waals surface area contributed by atoms with Crippen LogP contribution in [0.3, 0.4) is 0 Å². The summed E-state index contributed by atoms with van der Waals surface area (Å²) in [4.78, 5) is 88.3. The first kappa shape index (κ1) is 41.1. The molecule has 7 heterocycles. The van der Waals surface area contributed by atoms with E-state index >= 15 is 0 Å². The Kier molecular flexibility index (Phi) is 12.5. The van der Waals surface area contributed by atoms with Crippen molar-refractivity contribution in [2.45, 2.75) is 82.3 Å². The van der Waals surface area contributed by atoms with Gasteiger partial charge < -0.3 is 30.0 Å². The first-order valence-electron chi connectivity index (χ1n) is 21.3. The zero-order valence-corrected chi connectivity index (χ0v) is 33.9. The number of carbonyl (C=O) groups excluding carboxylic acids is 5. The van der Waals surface area contributed by atoms with E-state index < -0.39 is 41.7 Å². The van der Waals surface area contributed by atoms with Gasteiger partial charge in [0, 0.05) is 75.7 Å². The SMILES string of the molecule is O=C1CCC(N2C(=O)C=C(Nc3cccc(CC(=O)N4CCC(CCN5CCC(CN6CCC(n7cc(N8C=CN=CC8C(=O)O)cn7)CC6)CC5)CC4)c3)C2=O)C(=O)N1. The third-order valence-electron chi connectivity index (χ3n) is 13.0. The summed E-state index contributed by atoms with van der Waals surface area (Å²) in [6, 6.07) is 5.68. The zero-order chi connectivity index (χ0) is 41.8. The van der Waals surface area contributed by atoms with Gasteiger partial charge in [-0.3, -0.25) is 43.9 Å². The Morgan fingerprint density at radius 2 is 1.65 bits per heavy atom. The molecular formula is C43H54N10O7. The van der Waals surface area contributed by atoms with Crippen LogP contribution >= 0.6 is 0 Å². The molecule has 17 nitrogen and oxygen atoms in total. The average molecular weight is 823 g/mol. The number of nitrogens with one attached hydrogen (secondary N) is 2. The highest BCUT2D eigenvalue weighted by Gasteiger charge is 2.42. The van der Waals surface area contributed by atoms with E-state index in [0.717, 1.165) is 107 Å². The van der Waals surface area contributed by atoms with E-state index in [1.807, 2.05) is 21.8 Å². The number of hydrogen-bond donors (Lipinski definition) is 3. The molecule has 6 aliphatic heterocycles. The Hall–Kier alpha value is -5.68. The minimum atomic E-state index is -1.03. The minimum absolute atomic E-state index is 0.0393. The molecule has 0 saturated carbocycles. The van der Waals surface area contributed by atoms with Crippen molar-refractivity contribution in [1.29, 1.82) is 0 Å². The summed E-state index contributed by atoms with van der Waals surface area (Å²) in [7, 11) is 0. The molecule has 5 amide bonds. The molecule has 4 saturated heterocycles. The number of carboxylic acids is 1. The van der Waals surface area contributed by atoms with E-state index in [4.69, 9.17) is 0 Å². The van der Waals surface area contributed by atoms with E-state index in [0.29, 0.717) is 23.6 Å². The number of nitrogens with zero attached hydrogens (tertiary/aromatic N) is 8. The normalized spacial score (nSPS) is 24.0. The van der Waals surface area contributed by atoms with Gasteiger partial charge in [0.25, 0.3) is 11.8 Å². The molecule has 1 aromatic heterocycles. The van der Waals surface area contributed by atoms with Gasteiger partial charge in [-0.15, -0.1) is 0 Å². The van der Waals surface area contributed by atoms with Crippen LogP contribution in [0.25, 0.3) is 0 Å². The van der Waals surface area contributed by atoms with Crippen LogP contribution in [-0.4, -0.2) is 141 Å². The fraction of sp³-hybridized carbons (Fsp3) is 0.535. The number of anilines is 2. The van der Waals surface area contributed by atoms with Crippen molar-refractivity contribution in [2.75, 3.05) is 62.6 Å². The number of aliphatic carboxylic acids is 1. The van der Waals surface area contributed by atoms with Gasteiger partial charge >= 0.3 is 5.97 Å². The highest BCUT2D eigenvalue weighted by atomic mass is 16.4. The summed E-state index contributed by atoms with van der Waals surface area (Å²) in [5, 5.41) is 19.4. The van der Waals surface area contributed by atoms with Crippen LogP contribution in [0.1, 0.15) is 69.4 Å². The summed E-state index contributed by atoms with van der Waals surface area (Å²) >= 11 is 0. The Morgan fingerprint density at radius 1 is 0.900 bits per heavy atom. The number of piperidine rings is 4. The Labute approximate surface area is 349 Å². The topological polar surface area (TPSA) is 193 Å². The second-order valence-corrected chi connectivity index (χ2v) is 16.9. The van der Waals surface area contributed by atoms with Gasteiger partial charge in [0.1, 0.15) is 11.7 Å². The maximum atomic E-state index is 13.3. The van der Waals surface area contributed by atoms with Crippen LogP contribution in [0.4, 0.5) is 11.4 Å². The lowest BCUT2D eigenvalue weighted by Gasteiger charge is -2.38. The molecule has 6 aliphatic rings. The van der Waals surface area contributed by atoms with Crippen molar-refractivity contribution in [3.8, 4) is 0 Å². The highest BCUT2D eigenvalue weighted by molar-refractivity contribution is 6.20. The van der Waals surface area contributed by atoms with Gasteiger partial charge in [0.2, 0.25) is 17.7 Å². The molecule has 2 atom stereocenters. The lowest BCUT2D eigenvalue weighted by Crippen LogP contribution is -2.54. The maximum absolute atomic E-state index is 13.3. The van der Waals surface area contributed by atoms with Crippen molar-refractivity contribution < 1.29 is 33.9 Å². The summed E-state index contributed by atoms with van der Waals surface area (Å²) in [5.41, 5.74) is 2.15. The molecule has 2 aromatic rings. The molecule has 0 bridgehead atoms. The Bertz CT molecular complexity index is 2060. The molecule has 2 unspecified atom stereocenters. The lowest BCUT2D eigenvalue weighted by molar-refractivity contribution is -0.149. The fourth-order valence-corrected chi connectivity index (χ4v) is 9.46. The zero-order valence-electron chi connectivity index (χ0n) is 33.9. The van der Waals surface area contributed by atoms with E-state index in [1.165, 1.54) is 19.1 Å². The molecule has 4 fully saturated rings. The van der Waals surface area contributed by atoms with Crippen molar-refractivity contribution in [2.24, 2.45) is 16.8 Å². The summed E-state index contributed by atoms with van der Waals surface area (Å²) < 4.78 is 2.00. The summed E-state index contributed by atoms with van der Waals surface area (Å²) in [6.45, 7) is 8.08. The number of aliphatic imine (C=N–C) groups is 1. The van der Waals surface area contributed by atoms with Crippen molar-refractivity contribution in [1.82, 2.24) is 34.7 Å². The third-order valence-corrected chi connectivity index (χ3v) is 13.0. The van der Waals surface area contributed by atoms with E-state index in [2.05, 4.69) is 30.5 Å². The summed E-state index contributed by atoms with van der Waals surface area (Å²) in [5.74, 6) is -1.87. The predicted molar refractivity (Wildman–Crippen MR) is 221 cm³/mol. The van der Waals surface area contributed by atoms with Crippen molar-refractivity contribution >= 4 is 53.1 Å². The Balaban J connectivity index is 0.707. The van der Waals surface area contributed by atoms with Crippen LogP contribution in [0.2, 0.25) is 0 Å². The second kappa shape index (κ2) is 18.3. The van der Waals surface area contributed by atoms with E-state index in [1.54, 1.807) is 41.7 Å². The third kappa shape index (κ3) is 9.52. The van der Waals surface area contributed by atoms with Gasteiger partial charge in [-0.1, -0.05) is 12.1 Å². The van der Waals surface area contributed by atoms with Gasteiger partial charge in [-0.25, -0.2) is 4.79 Å². The molecule has 318 valence electrons.